The minimum absolute atomic E-state index is 0.0185. The highest BCUT2D eigenvalue weighted by molar-refractivity contribution is 5.82. The smallest absolute Gasteiger partial charge is 0.340 e. The lowest BCUT2D eigenvalue weighted by Gasteiger charge is -2.00. The third-order valence-electron chi connectivity index (χ3n) is 1.73. The molecular weight excluding hydrogens is 120 g/mol. The summed E-state index contributed by atoms with van der Waals surface area (Å²) in [7, 11) is 1.36. The van der Waals surface area contributed by atoms with E-state index in [-0.39, 0.29) is 12.1 Å². The molecule has 1 heterocycles. The summed E-state index contributed by atoms with van der Waals surface area (Å²) in [5.41, 5.74) is -0.644. The fourth-order valence-electron chi connectivity index (χ4n) is 0.750. The molecule has 3 heteroatoms. The Labute approximate surface area is 53.9 Å². The van der Waals surface area contributed by atoms with Crippen LogP contribution in [0.15, 0.2) is 0 Å². The Morgan fingerprint density at radius 3 is 2.33 bits per heavy atom. The van der Waals surface area contributed by atoms with Crippen molar-refractivity contribution in [2.45, 2.75) is 25.6 Å². The molecule has 9 heavy (non-hydrogen) atoms. The van der Waals surface area contributed by atoms with Gasteiger partial charge in [-0.05, 0) is 13.8 Å². The highest BCUT2D eigenvalue weighted by atomic mass is 16.7. The van der Waals surface area contributed by atoms with E-state index >= 15 is 0 Å². The number of methoxy groups -OCH3 is 1. The van der Waals surface area contributed by atoms with Gasteiger partial charge in [0, 0.05) is 0 Å². The van der Waals surface area contributed by atoms with Gasteiger partial charge in [-0.25, -0.2) is 4.79 Å². The lowest BCUT2D eigenvalue weighted by atomic mass is 10.1. The van der Waals surface area contributed by atoms with E-state index in [0.29, 0.717) is 0 Å². The number of carbonyl (C=O) groups excluding carboxylic acids is 1. The molecule has 0 aromatic heterocycles. The summed E-state index contributed by atoms with van der Waals surface area (Å²) < 4.78 is 9.47. The molecule has 0 aliphatic carbocycles. The molecule has 1 saturated heterocycles. The highest BCUT2D eigenvalue weighted by Gasteiger charge is 2.56. The van der Waals surface area contributed by atoms with E-state index in [4.69, 9.17) is 4.74 Å². The van der Waals surface area contributed by atoms with E-state index in [2.05, 4.69) is 4.74 Å². The van der Waals surface area contributed by atoms with Gasteiger partial charge in [-0.1, -0.05) is 0 Å². The molecule has 0 radical (unpaired) electrons. The van der Waals surface area contributed by atoms with Gasteiger partial charge in [0.1, 0.15) is 0 Å². The molecule has 0 amide bonds. The van der Waals surface area contributed by atoms with Gasteiger partial charge < -0.3 is 9.47 Å². The molecule has 3 nitrogen and oxygen atoms in total. The van der Waals surface area contributed by atoms with Crippen molar-refractivity contribution in [2.75, 3.05) is 7.11 Å². The van der Waals surface area contributed by atoms with E-state index in [1.807, 2.05) is 6.92 Å². The molecule has 1 fully saturated rings. The van der Waals surface area contributed by atoms with Crippen LogP contribution >= 0.6 is 0 Å². The van der Waals surface area contributed by atoms with E-state index in [0.717, 1.165) is 0 Å². The number of rotatable bonds is 1. The van der Waals surface area contributed by atoms with Crippen molar-refractivity contribution in [3.8, 4) is 0 Å². The molecule has 52 valence electrons. The molecule has 0 N–H and O–H groups in total. The quantitative estimate of drug-likeness (QED) is 0.379. The monoisotopic (exact) mass is 130 g/mol. The van der Waals surface area contributed by atoms with Crippen molar-refractivity contribution in [2.24, 2.45) is 0 Å². The summed E-state index contributed by atoms with van der Waals surface area (Å²) in [6, 6.07) is 0. The third-order valence-corrected chi connectivity index (χ3v) is 1.73. The van der Waals surface area contributed by atoms with Gasteiger partial charge in [0.05, 0.1) is 13.2 Å². The Kier molecular flexibility index (Phi) is 1.24. The number of esters is 1. The first-order valence-electron chi connectivity index (χ1n) is 2.87. The normalized spacial score (nSPS) is 40.1. The molecular formula is C6H10O3. The lowest BCUT2D eigenvalue weighted by Crippen LogP contribution is -2.23. The van der Waals surface area contributed by atoms with Crippen LogP contribution in [0.4, 0.5) is 0 Å². The van der Waals surface area contributed by atoms with Crippen molar-refractivity contribution in [3.63, 3.8) is 0 Å². The van der Waals surface area contributed by atoms with Crippen LogP contribution in [0.1, 0.15) is 13.8 Å². The number of ether oxygens (including phenoxy) is 2. The molecule has 0 unspecified atom stereocenters. The van der Waals surface area contributed by atoms with Gasteiger partial charge in [0.15, 0.2) is 5.60 Å². The van der Waals surface area contributed by atoms with Crippen molar-refractivity contribution in [3.05, 3.63) is 0 Å². The van der Waals surface area contributed by atoms with Gasteiger partial charge in [0.25, 0.3) is 0 Å². The summed E-state index contributed by atoms with van der Waals surface area (Å²) in [4.78, 5) is 10.8. The maximum Gasteiger partial charge on any atom is 0.340 e. The van der Waals surface area contributed by atoms with Gasteiger partial charge in [-0.15, -0.1) is 0 Å². The Morgan fingerprint density at radius 2 is 2.22 bits per heavy atom. The number of carbonyl (C=O) groups is 1. The van der Waals surface area contributed by atoms with Crippen molar-refractivity contribution >= 4 is 5.97 Å². The summed E-state index contributed by atoms with van der Waals surface area (Å²) in [6.07, 6.45) is 0.0185. The lowest BCUT2D eigenvalue weighted by molar-refractivity contribution is -0.146. The predicted octanol–water partition coefficient (Wildman–Crippen LogP) is 0.337. The van der Waals surface area contributed by atoms with Crippen LogP contribution in [0.3, 0.4) is 0 Å². The molecule has 2 atom stereocenters. The zero-order chi connectivity index (χ0) is 7.07. The Morgan fingerprint density at radius 1 is 1.78 bits per heavy atom. The van der Waals surface area contributed by atoms with E-state index < -0.39 is 5.60 Å². The third kappa shape index (κ3) is 0.812. The van der Waals surface area contributed by atoms with Crippen LogP contribution in [0.2, 0.25) is 0 Å². The minimum Gasteiger partial charge on any atom is -0.467 e. The molecule has 1 rings (SSSR count). The fourth-order valence-corrected chi connectivity index (χ4v) is 0.750. The average molecular weight is 130 g/mol. The van der Waals surface area contributed by atoms with Crippen LogP contribution in [-0.4, -0.2) is 24.8 Å². The summed E-state index contributed by atoms with van der Waals surface area (Å²) in [5, 5.41) is 0. The molecule has 1 aliphatic heterocycles. The average Bonchev–Trinajstić information content (AvgIpc) is 2.41. The second-order valence-corrected chi connectivity index (χ2v) is 2.36. The molecule has 0 aromatic carbocycles. The zero-order valence-corrected chi connectivity index (χ0v) is 5.80. The topological polar surface area (TPSA) is 38.8 Å². The number of hydrogen-bond donors (Lipinski definition) is 0. The second-order valence-electron chi connectivity index (χ2n) is 2.36. The highest BCUT2D eigenvalue weighted by Crippen LogP contribution is 2.36. The largest absolute Gasteiger partial charge is 0.467 e. The maximum absolute atomic E-state index is 10.8. The van der Waals surface area contributed by atoms with Crippen LogP contribution in [-0.2, 0) is 14.3 Å². The summed E-state index contributed by atoms with van der Waals surface area (Å²) >= 11 is 0. The Hall–Kier alpha value is -0.570. The van der Waals surface area contributed by atoms with E-state index in [1.54, 1.807) is 6.92 Å². The van der Waals surface area contributed by atoms with Crippen molar-refractivity contribution in [1.29, 1.82) is 0 Å². The second kappa shape index (κ2) is 1.70. The number of hydrogen-bond acceptors (Lipinski definition) is 3. The van der Waals surface area contributed by atoms with Crippen LogP contribution in [0.5, 0.6) is 0 Å². The molecule has 0 spiro atoms. The first-order valence-corrected chi connectivity index (χ1v) is 2.87. The van der Waals surface area contributed by atoms with E-state index in [9.17, 15) is 4.79 Å². The SMILES string of the molecule is COC(=O)[C@@]1(C)O[C@H]1C. The zero-order valence-electron chi connectivity index (χ0n) is 5.80. The molecule has 1 aliphatic rings. The predicted molar refractivity (Wildman–Crippen MR) is 31.0 cm³/mol. The Bertz CT molecular complexity index is 143. The summed E-state index contributed by atoms with van der Waals surface area (Å²) in [6.45, 7) is 3.57. The van der Waals surface area contributed by atoms with Gasteiger partial charge in [-0.3, -0.25) is 0 Å². The standard InChI is InChI=1S/C6H10O3/c1-4-6(2,9-4)5(7)8-3/h4H,1-3H3/t4-,6-/m0/s1. The summed E-state index contributed by atoms with van der Waals surface area (Å²) in [5.74, 6) is -0.282. The first kappa shape index (κ1) is 6.55. The van der Waals surface area contributed by atoms with Gasteiger partial charge >= 0.3 is 5.97 Å². The minimum atomic E-state index is -0.644. The van der Waals surface area contributed by atoms with Crippen molar-refractivity contribution in [1.82, 2.24) is 0 Å². The molecule has 0 saturated carbocycles. The fraction of sp³-hybridized carbons (Fsp3) is 0.833. The van der Waals surface area contributed by atoms with Crippen molar-refractivity contribution < 1.29 is 14.3 Å². The molecule has 0 aromatic rings. The molecule has 0 bridgehead atoms. The Balaban J connectivity index is 2.53. The van der Waals surface area contributed by atoms with Crippen LogP contribution in [0, 0.1) is 0 Å². The van der Waals surface area contributed by atoms with Crippen LogP contribution in [0.25, 0.3) is 0 Å². The van der Waals surface area contributed by atoms with Gasteiger partial charge in [-0.2, -0.15) is 0 Å². The maximum atomic E-state index is 10.8. The van der Waals surface area contributed by atoms with Crippen LogP contribution < -0.4 is 0 Å². The van der Waals surface area contributed by atoms with Gasteiger partial charge in [0.2, 0.25) is 0 Å². The van der Waals surface area contributed by atoms with E-state index in [1.165, 1.54) is 7.11 Å². The first-order chi connectivity index (χ1) is 4.11. The number of epoxide rings is 1.